The first-order chi connectivity index (χ1) is 22.9. The van der Waals surface area contributed by atoms with Gasteiger partial charge in [-0.05, 0) is 71.0 Å². The number of carbonyl (C=O) groups excluding carboxylic acids is 2. The van der Waals surface area contributed by atoms with Crippen molar-refractivity contribution in [3.8, 4) is 0 Å². The van der Waals surface area contributed by atoms with Gasteiger partial charge in [0.25, 0.3) is 0 Å². The van der Waals surface area contributed by atoms with E-state index in [4.69, 9.17) is 21.1 Å². The van der Waals surface area contributed by atoms with Crippen molar-refractivity contribution in [3.05, 3.63) is 131 Å². The number of anilines is 1. The number of para-hydroxylation sites is 1. The molecule has 2 amide bonds. The molecular weight excluding hydrogens is 634 g/mol. The smallest absolute Gasteiger partial charge is 0.407 e. The molecule has 1 aliphatic heterocycles. The van der Waals surface area contributed by atoms with Gasteiger partial charge < -0.3 is 30.0 Å². The second-order valence-corrected chi connectivity index (χ2v) is 13.4. The molecule has 5 rings (SSSR count). The van der Waals surface area contributed by atoms with Crippen molar-refractivity contribution in [2.75, 3.05) is 31.3 Å². The number of carbonyl (C=O) groups is 2. The fourth-order valence-corrected chi connectivity index (χ4v) is 7.11. The van der Waals surface area contributed by atoms with E-state index in [2.05, 4.69) is 16.0 Å². The zero-order valence-corrected chi connectivity index (χ0v) is 27.8. The van der Waals surface area contributed by atoms with Gasteiger partial charge in [-0.25, -0.2) is 4.79 Å². The Morgan fingerprint density at radius 1 is 0.894 bits per heavy atom. The SMILES string of the molecule is COC(=O)N[C@H](C(=O)Nc1ccccc1CC[C@@H]1CNC[C@@H](CC[S+]([O-])c2ccc(Cl)cc2)O1)C(c1ccccc1)c1ccccc1. The van der Waals surface area contributed by atoms with E-state index in [0.29, 0.717) is 42.4 Å². The molecular formula is C37H40ClN3O5S. The highest BCUT2D eigenvalue weighted by Crippen LogP contribution is 2.30. The molecule has 47 heavy (non-hydrogen) atoms. The van der Waals surface area contributed by atoms with Crippen LogP contribution in [0.3, 0.4) is 0 Å². The van der Waals surface area contributed by atoms with Gasteiger partial charge in [-0.1, -0.05) is 90.5 Å². The van der Waals surface area contributed by atoms with Crippen LogP contribution in [-0.4, -0.2) is 60.8 Å². The average molecular weight is 674 g/mol. The van der Waals surface area contributed by atoms with Crippen molar-refractivity contribution in [3.63, 3.8) is 0 Å². The van der Waals surface area contributed by atoms with Gasteiger partial charge in [-0.2, -0.15) is 0 Å². The predicted octanol–water partition coefficient (Wildman–Crippen LogP) is 6.32. The number of amides is 2. The Hall–Kier alpha value is -3.86. The Morgan fingerprint density at radius 2 is 1.49 bits per heavy atom. The Kier molecular flexibility index (Phi) is 12.7. The van der Waals surface area contributed by atoms with Crippen molar-refractivity contribution in [1.82, 2.24) is 10.6 Å². The van der Waals surface area contributed by atoms with Crippen LogP contribution in [0.2, 0.25) is 5.02 Å². The third-order valence-corrected chi connectivity index (χ3v) is 9.89. The lowest BCUT2D eigenvalue weighted by molar-refractivity contribution is -0.118. The Morgan fingerprint density at radius 3 is 2.13 bits per heavy atom. The van der Waals surface area contributed by atoms with Gasteiger partial charge in [0.1, 0.15) is 11.8 Å². The maximum atomic E-state index is 14.1. The predicted molar refractivity (Wildman–Crippen MR) is 186 cm³/mol. The molecule has 1 fully saturated rings. The number of aryl methyl sites for hydroxylation is 1. The van der Waals surface area contributed by atoms with Crippen molar-refractivity contribution in [1.29, 1.82) is 0 Å². The van der Waals surface area contributed by atoms with E-state index in [9.17, 15) is 14.1 Å². The minimum absolute atomic E-state index is 0.0317. The average Bonchev–Trinajstić information content (AvgIpc) is 3.11. The van der Waals surface area contributed by atoms with Gasteiger partial charge in [0.15, 0.2) is 4.90 Å². The third-order valence-electron chi connectivity index (χ3n) is 8.23. The number of halogens is 1. The van der Waals surface area contributed by atoms with Crippen molar-refractivity contribution in [2.24, 2.45) is 0 Å². The fraction of sp³-hybridized carbons (Fsp3) is 0.297. The van der Waals surface area contributed by atoms with Crippen LogP contribution < -0.4 is 16.0 Å². The molecule has 4 aromatic rings. The highest BCUT2D eigenvalue weighted by Gasteiger charge is 2.33. The fourth-order valence-electron chi connectivity index (χ4n) is 5.83. The molecule has 1 aliphatic rings. The molecule has 4 aromatic carbocycles. The van der Waals surface area contributed by atoms with E-state index in [0.717, 1.165) is 28.0 Å². The number of alkyl carbamates (subject to hydrolysis) is 1. The quantitative estimate of drug-likeness (QED) is 0.143. The molecule has 1 heterocycles. The lowest BCUT2D eigenvalue weighted by Crippen LogP contribution is -2.48. The van der Waals surface area contributed by atoms with Gasteiger partial charge in [-0.3, -0.25) is 4.79 Å². The van der Waals surface area contributed by atoms with Gasteiger partial charge in [0.05, 0.1) is 19.3 Å². The monoisotopic (exact) mass is 673 g/mol. The summed E-state index contributed by atoms with van der Waals surface area (Å²) in [5, 5.41) is 9.98. The van der Waals surface area contributed by atoms with E-state index >= 15 is 0 Å². The molecule has 0 radical (unpaired) electrons. The summed E-state index contributed by atoms with van der Waals surface area (Å²) in [7, 11) is 1.28. The van der Waals surface area contributed by atoms with Crippen LogP contribution in [0.1, 0.15) is 35.4 Å². The molecule has 1 saturated heterocycles. The molecule has 0 aromatic heterocycles. The van der Waals surface area contributed by atoms with Crippen LogP contribution in [0, 0.1) is 0 Å². The zero-order valence-electron chi connectivity index (χ0n) is 26.3. The molecule has 1 unspecified atom stereocenters. The number of hydrogen-bond donors (Lipinski definition) is 3. The molecule has 0 aliphatic carbocycles. The summed E-state index contributed by atoms with van der Waals surface area (Å²) < 4.78 is 24.1. The Bertz CT molecular complexity index is 1540. The van der Waals surface area contributed by atoms with E-state index in [1.165, 1.54) is 7.11 Å². The lowest BCUT2D eigenvalue weighted by Gasteiger charge is -2.31. The number of nitrogens with one attached hydrogen (secondary N) is 3. The highest BCUT2D eigenvalue weighted by molar-refractivity contribution is 7.91. The van der Waals surface area contributed by atoms with Crippen LogP contribution in [0.15, 0.2) is 114 Å². The van der Waals surface area contributed by atoms with Gasteiger partial charge >= 0.3 is 6.09 Å². The normalized spacial score (nSPS) is 17.4. The molecule has 0 bridgehead atoms. The minimum Gasteiger partial charge on any atom is -0.611 e. The first-order valence-corrected chi connectivity index (χ1v) is 17.4. The molecule has 246 valence electrons. The van der Waals surface area contributed by atoms with Crippen LogP contribution in [0.5, 0.6) is 0 Å². The van der Waals surface area contributed by atoms with E-state index in [1.807, 2.05) is 84.9 Å². The topological polar surface area (TPSA) is 112 Å². The van der Waals surface area contributed by atoms with Crippen molar-refractivity contribution < 1.29 is 23.6 Å². The number of hydrogen-bond acceptors (Lipinski definition) is 6. The summed E-state index contributed by atoms with van der Waals surface area (Å²) in [5.41, 5.74) is 3.41. The number of morpholine rings is 1. The zero-order chi connectivity index (χ0) is 33.0. The molecule has 8 nitrogen and oxygen atoms in total. The molecule has 4 atom stereocenters. The van der Waals surface area contributed by atoms with Gasteiger partial charge in [-0.15, -0.1) is 0 Å². The first kappa shape index (κ1) is 34.5. The van der Waals surface area contributed by atoms with Crippen LogP contribution in [-0.2, 0) is 31.9 Å². The van der Waals surface area contributed by atoms with E-state index in [1.54, 1.807) is 24.3 Å². The maximum Gasteiger partial charge on any atom is 0.407 e. The number of methoxy groups -OCH3 is 1. The molecule has 3 N–H and O–H groups in total. The molecule has 10 heteroatoms. The Labute approximate surface area is 284 Å². The summed E-state index contributed by atoms with van der Waals surface area (Å²) in [4.78, 5) is 27.3. The standard InChI is InChI=1S/C37H40ClN3O5S/c1-45-37(43)41-35(34(27-11-4-2-5-12-27)28-13-6-3-7-14-28)36(42)40-33-15-9-8-10-26(33)16-19-30-24-39-25-31(46-30)22-23-47(44)32-20-17-29(38)18-21-32/h2-15,17-18,20-21,30-31,34-35,39H,16,19,22-25H2,1H3,(H,40,42)(H,41,43)/t30-,31-,35+,47?/m1/s1. The highest BCUT2D eigenvalue weighted by atomic mass is 35.5. The number of rotatable bonds is 13. The summed E-state index contributed by atoms with van der Waals surface area (Å²) in [5.74, 6) is -0.315. The van der Waals surface area contributed by atoms with E-state index < -0.39 is 29.2 Å². The first-order valence-electron chi connectivity index (χ1n) is 15.7. The number of benzene rings is 4. The van der Waals surface area contributed by atoms with Crippen LogP contribution in [0.25, 0.3) is 0 Å². The third kappa shape index (κ3) is 9.82. The summed E-state index contributed by atoms with van der Waals surface area (Å²) in [6.07, 6.45) is 1.31. The minimum atomic E-state index is -1.12. The van der Waals surface area contributed by atoms with Crippen molar-refractivity contribution in [2.45, 2.75) is 48.3 Å². The lowest BCUT2D eigenvalue weighted by atomic mass is 9.84. The van der Waals surface area contributed by atoms with Gasteiger partial charge in [0.2, 0.25) is 5.91 Å². The molecule has 0 spiro atoms. The summed E-state index contributed by atoms with van der Waals surface area (Å²) in [6.45, 7) is 1.42. The second-order valence-electron chi connectivity index (χ2n) is 11.4. The maximum absolute atomic E-state index is 14.1. The Balaban J connectivity index is 1.25. The van der Waals surface area contributed by atoms with Crippen LogP contribution in [0.4, 0.5) is 10.5 Å². The van der Waals surface area contributed by atoms with Gasteiger partial charge in [0, 0.05) is 36.1 Å². The van der Waals surface area contributed by atoms with Crippen molar-refractivity contribution >= 4 is 40.5 Å². The number of ether oxygens (including phenoxy) is 2. The van der Waals surface area contributed by atoms with Crippen LogP contribution >= 0.6 is 11.6 Å². The van der Waals surface area contributed by atoms with E-state index in [-0.39, 0.29) is 18.1 Å². The summed E-state index contributed by atoms with van der Waals surface area (Å²) >= 11 is 4.84. The largest absolute Gasteiger partial charge is 0.611 e. The second kappa shape index (κ2) is 17.3. The molecule has 0 saturated carbocycles. The summed E-state index contributed by atoms with van der Waals surface area (Å²) in [6, 6.07) is 33.1.